The molecule has 0 amide bonds. The van der Waals surface area contributed by atoms with Crippen LogP contribution in [-0.4, -0.2) is 25.6 Å². The third-order valence-electron chi connectivity index (χ3n) is 6.19. The molecule has 0 heterocycles. The lowest BCUT2D eigenvalue weighted by atomic mass is 10.1. The lowest BCUT2D eigenvalue weighted by molar-refractivity contribution is 0.0526. The van der Waals surface area contributed by atoms with E-state index in [-0.39, 0.29) is 16.9 Å². The van der Waals surface area contributed by atoms with Crippen LogP contribution in [0.1, 0.15) is 107 Å². The first-order chi connectivity index (χ1) is 18.2. The van der Waals surface area contributed by atoms with E-state index in [2.05, 4.69) is 44.2 Å². The number of esters is 1. The minimum Gasteiger partial charge on any atom is -0.462 e. The van der Waals surface area contributed by atoms with Crippen molar-refractivity contribution in [1.29, 1.82) is 0 Å². The van der Waals surface area contributed by atoms with Crippen LogP contribution in [0.25, 0.3) is 0 Å². The Kier molecular flexibility index (Phi) is 17.9. The summed E-state index contributed by atoms with van der Waals surface area (Å²) in [6.45, 7) is 6.75. The highest BCUT2D eigenvalue weighted by atomic mass is 32.2. The molecule has 0 aromatic heterocycles. The Labute approximate surface area is 230 Å². The molecule has 2 aromatic carbocycles. The summed E-state index contributed by atoms with van der Waals surface area (Å²) in [5.41, 5.74) is 2.00. The average Bonchev–Trinajstić information content (AvgIpc) is 2.87. The van der Waals surface area contributed by atoms with Crippen molar-refractivity contribution in [3.63, 3.8) is 0 Å². The molecule has 0 saturated carbocycles. The van der Waals surface area contributed by atoms with Crippen molar-refractivity contribution in [1.82, 2.24) is 0 Å². The Bertz CT molecular complexity index is 902. The molecule has 1 unspecified atom stereocenters. The zero-order valence-electron chi connectivity index (χ0n) is 23.3. The van der Waals surface area contributed by atoms with Gasteiger partial charge in [-0.3, -0.25) is 0 Å². The minimum atomic E-state index is -6.00. The molecule has 0 N–H and O–H groups in total. The number of hydrogen-bond donors (Lipinski definition) is 0. The van der Waals surface area contributed by atoms with Gasteiger partial charge in [0, 0.05) is 11.6 Å². The Morgan fingerprint density at radius 2 is 1.29 bits per heavy atom. The lowest BCUT2D eigenvalue weighted by Gasteiger charge is -2.11. The second-order valence-electron chi connectivity index (χ2n) is 9.49. The molecule has 38 heavy (non-hydrogen) atoms. The van der Waals surface area contributed by atoms with Gasteiger partial charge in [-0.15, -0.1) is 0 Å². The van der Waals surface area contributed by atoms with E-state index in [1.165, 1.54) is 92.4 Å². The van der Waals surface area contributed by atoms with Crippen molar-refractivity contribution in [3.8, 4) is 0 Å². The normalized spacial score (nSPS) is 12.0. The summed E-state index contributed by atoms with van der Waals surface area (Å²) in [7, 11) is -6.02. The maximum Gasteiger partial charge on any atom is 0.673 e. The molecule has 2 nitrogen and oxygen atoms in total. The smallest absolute Gasteiger partial charge is 0.462 e. The topological polar surface area (TPSA) is 26.3 Å². The lowest BCUT2D eigenvalue weighted by Crippen LogP contribution is -2.12. The highest BCUT2D eigenvalue weighted by Crippen LogP contribution is 2.28. The molecule has 0 aliphatic carbocycles. The van der Waals surface area contributed by atoms with Gasteiger partial charge in [-0.05, 0) is 44.9 Å². The second-order valence-corrected chi connectivity index (χ2v) is 11.6. The van der Waals surface area contributed by atoms with Gasteiger partial charge in [0.1, 0.15) is 5.75 Å². The van der Waals surface area contributed by atoms with Crippen molar-refractivity contribution in [2.45, 2.75) is 108 Å². The SMILES string of the molecule is CCCCCCCCCCCCCC[S+](c1cccc(C(=O)OCC)c1)c1ccccc1C.F[B-](F)(F)F. The maximum absolute atomic E-state index is 12.3. The van der Waals surface area contributed by atoms with Crippen molar-refractivity contribution in [2.75, 3.05) is 12.4 Å². The monoisotopic (exact) mass is 556 g/mol. The van der Waals surface area contributed by atoms with Gasteiger partial charge in [0.25, 0.3) is 0 Å². The number of ether oxygens (including phenoxy) is 1. The number of halogens is 4. The fourth-order valence-electron chi connectivity index (χ4n) is 4.27. The molecule has 0 bridgehead atoms. The third-order valence-corrected chi connectivity index (χ3v) is 8.70. The van der Waals surface area contributed by atoms with Crippen LogP contribution in [0.3, 0.4) is 0 Å². The summed E-state index contributed by atoms with van der Waals surface area (Å²) >= 11 is 0. The van der Waals surface area contributed by atoms with E-state index in [1.54, 1.807) is 0 Å². The first-order valence-corrected chi connectivity index (χ1v) is 15.5. The molecule has 0 fully saturated rings. The molecule has 0 radical (unpaired) electrons. The minimum absolute atomic E-state index is 0.0159. The Morgan fingerprint density at radius 1 is 0.763 bits per heavy atom. The first-order valence-electron chi connectivity index (χ1n) is 14.1. The number of carbonyl (C=O) groups excluding carboxylic acids is 1. The summed E-state index contributed by atoms with van der Waals surface area (Å²) in [5.74, 6) is 0.923. The van der Waals surface area contributed by atoms with Crippen LogP contribution in [0, 0.1) is 6.92 Å². The van der Waals surface area contributed by atoms with Crippen LogP contribution in [0.4, 0.5) is 17.3 Å². The summed E-state index contributed by atoms with van der Waals surface area (Å²) < 4.78 is 44.2. The Hall–Kier alpha value is -1.96. The van der Waals surface area contributed by atoms with Gasteiger partial charge in [-0.2, -0.15) is 0 Å². The molecule has 0 aliphatic rings. The van der Waals surface area contributed by atoms with Crippen molar-refractivity contribution in [3.05, 3.63) is 59.7 Å². The summed E-state index contributed by atoms with van der Waals surface area (Å²) in [6, 6.07) is 16.8. The van der Waals surface area contributed by atoms with Crippen LogP contribution in [0.15, 0.2) is 58.3 Å². The predicted molar refractivity (Wildman–Crippen MR) is 154 cm³/mol. The fourth-order valence-corrected chi connectivity index (χ4v) is 6.68. The zero-order chi connectivity index (χ0) is 28.2. The van der Waals surface area contributed by atoms with E-state index in [9.17, 15) is 22.1 Å². The molecular weight excluding hydrogens is 511 g/mol. The number of aryl methyl sites for hydroxylation is 1. The van der Waals surface area contributed by atoms with Crippen molar-refractivity contribution < 1.29 is 26.8 Å². The van der Waals surface area contributed by atoms with Crippen LogP contribution < -0.4 is 0 Å². The fraction of sp³-hybridized carbons (Fsp3) is 0.567. The third kappa shape index (κ3) is 16.1. The molecule has 214 valence electrons. The van der Waals surface area contributed by atoms with Gasteiger partial charge in [0.2, 0.25) is 0 Å². The van der Waals surface area contributed by atoms with E-state index in [0.717, 1.165) is 5.75 Å². The highest BCUT2D eigenvalue weighted by molar-refractivity contribution is 7.97. The molecule has 0 saturated heterocycles. The molecule has 0 aliphatic heterocycles. The van der Waals surface area contributed by atoms with E-state index >= 15 is 0 Å². The van der Waals surface area contributed by atoms with Gasteiger partial charge in [0.15, 0.2) is 9.79 Å². The Morgan fingerprint density at radius 3 is 1.82 bits per heavy atom. The Balaban J connectivity index is 0.00000132. The van der Waals surface area contributed by atoms with Crippen LogP contribution in [-0.2, 0) is 15.6 Å². The second kappa shape index (κ2) is 20.0. The molecular formula is C30H45BF4O2S. The summed E-state index contributed by atoms with van der Waals surface area (Å²) in [4.78, 5) is 14.9. The molecule has 1 atom stereocenters. The van der Waals surface area contributed by atoms with Gasteiger partial charge in [-0.25, -0.2) is 4.79 Å². The number of carbonyl (C=O) groups is 1. The number of benzene rings is 2. The van der Waals surface area contributed by atoms with E-state index in [0.29, 0.717) is 12.2 Å². The van der Waals surface area contributed by atoms with Gasteiger partial charge in [-0.1, -0.05) is 95.4 Å². The van der Waals surface area contributed by atoms with Crippen LogP contribution in [0.2, 0.25) is 0 Å². The molecule has 2 aromatic rings. The summed E-state index contributed by atoms with van der Waals surface area (Å²) in [5, 5.41) is 0. The molecule has 8 heteroatoms. The predicted octanol–water partition coefficient (Wildman–Crippen LogP) is 10.2. The van der Waals surface area contributed by atoms with E-state index in [4.69, 9.17) is 4.74 Å². The quantitative estimate of drug-likeness (QED) is 0.0637. The number of unbranched alkanes of at least 4 members (excludes halogenated alkanes) is 11. The average molecular weight is 557 g/mol. The van der Waals surface area contributed by atoms with Crippen LogP contribution >= 0.6 is 0 Å². The number of rotatable bonds is 17. The van der Waals surface area contributed by atoms with Gasteiger partial charge in [0.05, 0.1) is 23.1 Å². The zero-order valence-corrected chi connectivity index (χ0v) is 24.1. The van der Waals surface area contributed by atoms with Crippen LogP contribution in [0.5, 0.6) is 0 Å². The maximum atomic E-state index is 12.3. The van der Waals surface area contributed by atoms with Crippen molar-refractivity contribution in [2.24, 2.45) is 0 Å². The molecule has 2 rings (SSSR count). The number of hydrogen-bond acceptors (Lipinski definition) is 2. The van der Waals surface area contributed by atoms with Gasteiger partial charge >= 0.3 is 13.2 Å². The summed E-state index contributed by atoms with van der Waals surface area (Å²) in [6.07, 6.45) is 16.4. The standard InChI is InChI=1S/C30H45O2S.BF4/c1-4-6-7-8-9-10-11-12-13-14-15-18-24-33(29-23-17-16-20-26(29)3)28-22-19-21-27(25-28)30(31)32-5-2;2-1(3,4)5/h16-17,19-23,25H,4-15,18,24H2,1-3H3;/q+1;-1. The van der Waals surface area contributed by atoms with E-state index < -0.39 is 7.25 Å². The van der Waals surface area contributed by atoms with Crippen molar-refractivity contribution >= 4 is 24.1 Å². The highest BCUT2D eigenvalue weighted by Gasteiger charge is 2.27. The first kappa shape index (κ1) is 34.1. The van der Waals surface area contributed by atoms with Gasteiger partial charge < -0.3 is 22.0 Å². The molecule has 0 spiro atoms. The van der Waals surface area contributed by atoms with E-state index in [1.807, 2.05) is 25.1 Å². The largest absolute Gasteiger partial charge is 0.673 e.